The van der Waals surface area contributed by atoms with Crippen LogP contribution < -0.4 is 0 Å². The van der Waals surface area contributed by atoms with E-state index >= 15 is 0 Å². The average Bonchev–Trinajstić information content (AvgIpc) is 3.09. The van der Waals surface area contributed by atoms with Crippen LogP contribution in [0.25, 0.3) is 11.1 Å². The van der Waals surface area contributed by atoms with Gasteiger partial charge in [-0.25, -0.2) is 0 Å². The van der Waals surface area contributed by atoms with Crippen LogP contribution in [-0.2, 0) is 18.1 Å². The first-order valence-corrected chi connectivity index (χ1v) is 10.5. The normalized spacial score (nSPS) is 17.2. The van der Waals surface area contributed by atoms with Crippen molar-refractivity contribution in [3.63, 3.8) is 0 Å². The summed E-state index contributed by atoms with van der Waals surface area (Å²) >= 11 is 0. The van der Waals surface area contributed by atoms with E-state index in [4.69, 9.17) is 0 Å². The minimum Gasteiger partial charge on any atom is -0.250 e. The van der Waals surface area contributed by atoms with Crippen LogP contribution >= 0.6 is 10.9 Å². The molecule has 0 fully saturated rings. The van der Waals surface area contributed by atoms with Crippen molar-refractivity contribution in [1.82, 2.24) is 0 Å². The Bertz CT molecular complexity index is 1100. The molecule has 0 N–H and O–H groups in total. The average molecular weight is 439 g/mol. The van der Waals surface area contributed by atoms with Gasteiger partial charge in [-0.05, 0) is 53.1 Å². The van der Waals surface area contributed by atoms with E-state index in [2.05, 4.69) is 4.99 Å². The van der Waals surface area contributed by atoms with E-state index < -0.39 is 34.4 Å². The Kier molecular flexibility index (Phi) is 5.13. The second-order valence-corrected chi connectivity index (χ2v) is 8.82. The van der Waals surface area contributed by atoms with Crippen molar-refractivity contribution in [2.75, 3.05) is 0 Å². The summed E-state index contributed by atoms with van der Waals surface area (Å²) in [6.45, 7) is 0. The molecule has 0 bridgehead atoms. The minimum absolute atomic E-state index is 0.448. The first-order valence-electron chi connectivity index (χ1n) is 8.90. The van der Waals surface area contributed by atoms with Crippen LogP contribution in [0.3, 0.4) is 0 Å². The Labute approximate surface area is 171 Å². The molecule has 4 rings (SSSR count). The summed E-state index contributed by atoms with van der Waals surface area (Å²) in [6.07, 6.45) is -8.81. The third-order valence-corrected chi connectivity index (χ3v) is 6.86. The molecule has 1 aliphatic rings. The SMILES string of the molecule is FC(F)(F)c1ccc(C[SH]2C=Nc3ccc(-c4cccc(C(F)(F)F)c4)cc32)cc1. The van der Waals surface area contributed by atoms with Gasteiger partial charge < -0.3 is 0 Å². The largest absolute Gasteiger partial charge is 0.416 e. The van der Waals surface area contributed by atoms with Crippen molar-refractivity contribution in [3.8, 4) is 11.1 Å². The first kappa shape index (κ1) is 20.5. The van der Waals surface area contributed by atoms with Gasteiger partial charge in [0.1, 0.15) is 0 Å². The van der Waals surface area contributed by atoms with Gasteiger partial charge in [-0.3, -0.25) is 4.99 Å². The summed E-state index contributed by atoms with van der Waals surface area (Å²) in [7, 11) is -0.907. The van der Waals surface area contributed by atoms with Gasteiger partial charge >= 0.3 is 12.4 Å². The van der Waals surface area contributed by atoms with Crippen molar-refractivity contribution in [3.05, 3.63) is 83.4 Å². The number of nitrogens with zero attached hydrogens (tertiary/aromatic N) is 1. The van der Waals surface area contributed by atoms with Crippen LogP contribution in [0.4, 0.5) is 32.0 Å². The van der Waals surface area contributed by atoms with Crippen molar-refractivity contribution in [1.29, 1.82) is 0 Å². The lowest BCUT2D eigenvalue weighted by atomic mass is 10.0. The number of aliphatic imine (C=N–C) groups is 1. The molecule has 0 spiro atoms. The van der Waals surface area contributed by atoms with Gasteiger partial charge in [-0.2, -0.15) is 37.2 Å². The second-order valence-electron chi connectivity index (χ2n) is 6.85. The van der Waals surface area contributed by atoms with Crippen LogP contribution in [0, 0.1) is 0 Å². The van der Waals surface area contributed by atoms with Gasteiger partial charge in [0.25, 0.3) is 0 Å². The lowest BCUT2D eigenvalue weighted by Crippen LogP contribution is -2.04. The quantitative estimate of drug-likeness (QED) is 0.318. The summed E-state index contributed by atoms with van der Waals surface area (Å²) in [5, 5.41) is 0. The smallest absolute Gasteiger partial charge is 0.250 e. The molecule has 0 aromatic heterocycles. The predicted octanol–water partition coefficient (Wildman–Crippen LogP) is 7.62. The fourth-order valence-electron chi connectivity index (χ4n) is 3.23. The molecular weight excluding hydrogens is 424 g/mol. The minimum atomic E-state index is -4.43. The highest BCUT2D eigenvalue weighted by molar-refractivity contribution is 8.28. The number of hydrogen-bond acceptors (Lipinski definition) is 1. The number of alkyl halides is 6. The van der Waals surface area contributed by atoms with E-state index in [0.29, 0.717) is 16.9 Å². The summed E-state index contributed by atoms with van der Waals surface area (Å²) in [6, 6.07) is 15.4. The molecule has 3 aromatic carbocycles. The predicted molar refractivity (Wildman–Crippen MR) is 107 cm³/mol. The molecule has 1 unspecified atom stereocenters. The number of rotatable bonds is 3. The lowest BCUT2D eigenvalue weighted by Gasteiger charge is -2.16. The van der Waals surface area contributed by atoms with Crippen LogP contribution in [0.5, 0.6) is 0 Å². The van der Waals surface area contributed by atoms with Gasteiger partial charge in [0.05, 0.1) is 16.8 Å². The van der Waals surface area contributed by atoms with E-state index in [1.165, 1.54) is 18.2 Å². The van der Waals surface area contributed by atoms with Gasteiger partial charge in [0, 0.05) is 16.2 Å². The van der Waals surface area contributed by atoms with E-state index in [9.17, 15) is 26.3 Å². The number of fused-ring (bicyclic) bond motifs is 1. The third-order valence-electron chi connectivity index (χ3n) is 4.78. The van der Waals surface area contributed by atoms with E-state index in [1.807, 2.05) is 6.07 Å². The molecule has 156 valence electrons. The fourth-order valence-corrected chi connectivity index (χ4v) is 5.21. The Morgan fingerprint density at radius 2 is 1.37 bits per heavy atom. The zero-order valence-electron chi connectivity index (χ0n) is 15.3. The summed E-state index contributed by atoms with van der Waals surface area (Å²) < 4.78 is 77.3. The van der Waals surface area contributed by atoms with Crippen LogP contribution in [-0.4, -0.2) is 5.55 Å². The van der Waals surface area contributed by atoms with Crippen LogP contribution in [0.15, 0.2) is 76.6 Å². The Hall–Kier alpha value is -2.74. The highest BCUT2D eigenvalue weighted by atomic mass is 32.2. The lowest BCUT2D eigenvalue weighted by molar-refractivity contribution is -0.138. The van der Waals surface area contributed by atoms with Crippen molar-refractivity contribution >= 4 is 22.1 Å². The molecule has 1 heterocycles. The molecule has 8 heteroatoms. The fraction of sp³-hybridized carbons (Fsp3) is 0.136. The number of halogens is 6. The second kappa shape index (κ2) is 7.50. The highest BCUT2D eigenvalue weighted by Crippen LogP contribution is 2.49. The number of benzene rings is 3. The summed E-state index contributed by atoms with van der Waals surface area (Å²) in [5.74, 6) is 0.510. The molecule has 1 nitrogen and oxygen atoms in total. The molecule has 0 saturated heterocycles. The van der Waals surface area contributed by atoms with Gasteiger partial charge in [-0.1, -0.05) is 30.3 Å². The monoisotopic (exact) mass is 439 g/mol. The third kappa shape index (κ3) is 4.23. The van der Waals surface area contributed by atoms with E-state index in [-0.39, 0.29) is 0 Å². The Balaban J connectivity index is 1.60. The van der Waals surface area contributed by atoms with Crippen molar-refractivity contribution < 1.29 is 26.3 Å². The van der Waals surface area contributed by atoms with E-state index in [0.717, 1.165) is 40.4 Å². The van der Waals surface area contributed by atoms with Gasteiger partial charge in [0.2, 0.25) is 0 Å². The maximum Gasteiger partial charge on any atom is 0.416 e. The highest BCUT2D eigenvalue weighted by Gasteiger charge is 2.31. The maximum absolute atomic E-state index is 13.0. The van der Waals surface area contributed by atoms with E-state index in [1.54, 1.807) is 23.7 Å². The summed E-state index contributed by atoms with van der Waals surface area (Å²) in [4.78, 5) is 5.27. The maximum atomic E-state index is 13.0. The molecule has 0 amide bonds. The molecule has 0 aliphatic carbocycles. The Morgan fingerprint density at radius 3 is 2.03 bits per heavy atom. The Morgan fingerprint density at radius 1 is 0.700 bits per heavy atom. The first-order chi connectivity index (χ1) is 14.1. The zero-order valence-corrected chi connectivity index (χ0v) is 16.2. The van der Waals surface area contributed by atoms with Crippen LogP contribution in [0.1, 0.15) is 16.7 Å². The number of hydrogen-bond donors (Lipinski definition) is 1. The molecule has 30 heavy (non-hydrogen) atoms. The van der Waals surface area contributed by atoms with Gasteiger partial charge in [0.15, 0.2) is 0 Å². The molecule has 0 saturated carbocycles. The van der Waals surface area contributed by atoms with Crippen molar-refractivity contribution in [2.45, 2.75) is 23.0 Å². The molecular formula is C22H15F6NS. The zero-order chi connectivity index (χ0) is 21.5. The van der Waals surface area contributed by atoms with Gasteiger partial charge in [-0.15, -0.1) is 0 Å². The number of thiol groups is 1. The van der Waals surface area contributed by atoms with Crippen molar-refractivity contribution in [2.24, 2.45) is 4.99 Å². The molecule has 1 aliphatic heterocycles. The van der Waals surface area contributed by atoms with Crippen LogP contribution in [0.2, 0.25) is 0 Å². The molecule has 3 aromatic rings. The molecule has 0 radical (unpaired) electrons. The molecule has 1 atom stereocenters. The standard InChI is InChI=1S/C22H15F6NS/c23-21(24,25)17-7-4-14(5-8-17)12-30-13-29-19-9-6-16(11-20(19)30)15-2-1-3-18(10-15)22(26,27)28/h1-11,13,30H,12H2. The topological polar surface area (TPSA) is 12.4 Å². The summed E-state index contributed by atoms with van der Waals surface area (Å²) in [5.41, 5.74) is 2.94.